The summed E-state index contributed by atoms with van der Waals surface area (Å²) < 4.78 is 4.87. The van der Waals surface area contributed by atoms with Gasteiger partial charge in [0.25, 0.3) is 0 Å². The van der Waals surface area contributed by atoms with Crippen molar-refractivity contribution in [3.63, 3.8) is 0 Å². The van der Waals surface area contributed by atoms with Crippen molar-refractivity contribution >= 4 is 5.97 Å². The number of hydrogen-bond donors (Lipinski definition) is 1. The van der Waals surface area contributed by atoms with Gasteiger partial charge in [-0.3, -0.25) is 4.79 Å². The first-order chi connectivity index (χ1) is 5.76. The van der Waals surface area contributed by atoms with Crippen LogP contribution in [0.5, 0.6) is 0 Å². The predicted molar refractivity (Wildman–Crippen MR) is 39.7 cm³/mol. The summed E-state index contributed by atoms with van der Waals surface area (Å²) in [7, 11) is 0. The Bertz CT molecular complexity index is 287. The maximum Gasteiger partial charge on any atom is 0.317 e. The van der Waals surface area contributed by atoms with Crippen LogP contribution in [0.15, 0.2) is 16.8 Å². The molecule has 0 amide bonds. The van der Waals surface area contributed by atoms with Crippen molar-refractivity contribution in [3.05, 3.63) is 18.0 Å². The van der Waals surface area contributed by atoms with Crippen molar-refractivity contribution < 1.29 is 14.4 Å². The van der Waals surface area contributed by atoms with Crippen LogP contribution in [0.25, 0.3) is 0 Å². The fourth-order valence-corrected chi connectivity index (χ4v) is 1.56. The van der Waals surface area contributed by atoms with E-state index < -0.39 is 11.4 Å². The standard InChI is InChI=1S/C8H9NO3/c10-7(11)8(3-1-4-8)6-2-5-9-12-6/h2,5H,1,3-4H2,(H,10,11). The molecule has 0 radical (unpaired) electrons. The van der Waals surface area contributed by atoms with Gasteiger partial charge in [0.05, 0.1) is 6.20 Å². The molecule has 1 heterocycles. The van der Waals surface area contributed by atoms with Gasteiger partial charge in [0.2, 0.25) is 0 Å². The molecule has 4 heteroatoms. The Kier molecular flexibility index (Phi) is 1.43. The summed E-state index contributed by atoms with van der Waals surface area (Å²) in [4.78, 5) is 10.9. The first-order valence-corrected chi connectivity index (χ1v) is 3.90. The molecule has 1 aromatic rings. The lowest BCUT2D eigenvalue weighted by molar-refractivity contribution is -0.148. The van der Waals surface area contributed by atoms with Gasteiger partial charge in [0.1, 0.15) is 5.41 Å². The molecule has 4 nitrogen and oxygen atoms in total. The van der Waals surface area contributed by atoms with Crippen molar-refractivity contribution in [2.45, 2.75) is 24.7 Å². The molecule has 0 spiro atoms. The molecule has 1 aliphatic rings. The molecule has 0 atom stereocenters. The van der Waals surface area contributed by atoms with E-state index in [0.717, 1.165) is 6.42 Å². The molecule has 1 aliphatic carbocycles. The average molecular weight is 167 g/mol. The van der Waals surface area contributed by atoms with Gasteiger partial charge in [-0.2, -0.15) is 0 Å². The molecule has 1 fully saturated rings. The second-order valence-corrected chi connectivity index (χ2v) is 3.12. The van der Waals surface area contributed by atoms with Crippen molar-refractivity contribution in [1.82, 2.24) is 5.16 Å². The van der Waals surface area contributed by atoms with Gasteiger partial charge >= 0.3 is 5.97 Å². The quantitative estimate of drug-likeness (QED) is 0.718. The van der Waals surface area contributed by atoms with E-state index in [9.17, 15) is 4.79 Å². The highest BCUT2D eigenvalue weighted by molar-refractivity contribution is 5.81. The number of aromatic nitrogens is 1. The zero-order valence-corrected chi connectivity index (χ0v) is 6.49. The first kappa shape index (κ1) is 7.34. The molecule has 0 aliphatic heterocycles. The first-order valence-electron chi connectivity index (χ1n) is 3.90. The molecule has 0 saturated heterocycles. The van der Waals surface area contributed by atoms with Gasteiger partial charge in [0, 0.05) is 6.07 Å². The predicted octanol–water partition coefficient (Wildman–Crippen LogP) is 1.18. The highest BCUT2D eigenvalue weighted by atomic mass is 16.5. The molecular formula is C8H9NO3. The molecule has 0 unspecified atom stereocenters. The van der Waals surface area contributed by atoms with Gasteiger partial charge in [-0.1, -0.05) is 11.6 Å². The largest absolute Gasteiger partial charge is 0.480 e. The van der Waals surface area contributed by atoms with Crippen LogP contribution in [-0.4, -0.2) is 16.2 Å². The van der Waals surface area contributed by atoms with Crippen LogP contribution in [0.2, 0.25) is 0 Å². The summed E-state index contributed by atoms with van der Waals surface area (Å²) in [6, 6.07) is 1.63. The molecule has 1 aromatic heterocycles. The van der Waals surface area contributed by atoms with E-state index in [1.807, 2.05) is 0 Å². The van der Waals surface area contributed by atoms with Crippen molar-refractivity contribution in [3.8, 4) is 0 Å². The lowest BCUT2D eigenvalue weighted by Gasteiger charge is -2.34. The number of carboxylic acids is 1. The number of hydrogen-bond acceptors (Lipinski definition) is 3. The third kappa shape index (κ3) is 0.776. The van der Waals surface area contributed by atoms with E-state index in [1.165, 1.54) is 6.20 Å². The minimum absolute atomic E-state index is 0.487. The SMILES string of the molecule is O=C(O)C1(c2ccno2)CCC1. The molecule has 12 heavy (non-hydrogen) atoms. The van der Waals surface area contributed by atoms with Crippen LogP contribution in [0.3, 0.4) is 0 Å². The Morgan fingerprint density at radius 2 is 2.42 bits per heavy atom. The molecule has 0 aromatic carbocycles. The monoisotopic (exact) mass is 167 g/mol. The van der Waals surface area contributed by atoms with E-state index >= 15 is 0 Å². The molecule has 64 valence electrons. The minimum Gasteiger partial charge on any atom is -0.480 e. The van der Waals surface area contributed by atoms with Crippen LogP contribution >= 0.6 is 0 Å². The summed E-state index contributed by atoms with van der Waals surface area (Å²) in [6.45, 7) is 0. The van der Waals surface area contributed by atoms with Crippen molar-refractivity contribution in [1.29, 1.82) is 0 Å². The minimum atomic E-state index is -0.800. The number of carboxylic acid groups (broad SMARTS) is 1. The highest BCUT2D eigenvalue weighted by Crippen LogP contribution is 2.43. The van der Waals surface area contributed by atoms with Crippen LogP contribution in [0.4, 0.5) is 0 Å². The fraction of sp³-hybridized carbons (Fsp3) is 0.500. The van der Waals surface area contributed by atoms with E-state index in [1.54, 1.807) is 6.07 Å². The third-order valence-corrected chi connectivity index (χ3v) is 2.53. The van der Waals surface area contributed by atoms with Gasteiger partial charge in [-0.15, -0.1) is 0 Å². The summed E-state index contributed by atoms with van der Waals surface area (Å²) in [5.74, 6) is -0.313. The van der Waals surface area contributed by atoms with Crippen LogP contribution in [0.1, 0.15) is 25.0 Å². The lowest BCUT2D eigenvalue weighted by atomic mass is 9.67. The Morgan fingerprint density at radius 1 is 1.67 bits per heavy atom. The average Bonchev–Trinajstić information content (AvgIpc) is 2.35. The van der Waals surface area contributed by atoms with E-state index in [4.69, 9.17) is 9.63 Å². The molecule has 1 N–H and O–H groups in total. The van der Waals surface area contributed by atoms with Gasteiger partial charge in [0.15, 0.2) is 5.76 Å². The van der Waals surface area contributed by atoms with Crippen LogP contribution in [0, 0.1) is 0 Å². The highest BCUT2D eigenvalue weighted by Gasteiger charge is 2.48. The molecule has 2 rings (SSSR count). The Balaban J connectivity index is 2.35. The third-order valence-electron chi connectivity index (χ3n) is 2.53. The van der Waals surface area contributed by atoms with Gasteiger partial charge in [-0.25, -0.2) is 0 Å². The number of carbonyl (C=O) groups is 1. The second-order valence-electron chi connectivity index (χ2n) is 3.12. The van der Waals surface area contributed by atoms with E-state index in [-0.39, 0.29) is 0 Å². The molecule has 0 bridgehead atoms. The van der Waals surface area contributed by atoms with Crippen molar-refractivity contribution in [2.75, 3.05) is 0 Å². The lowest BCUT2D eigenvalue weighted by Crippen LogP contribution is -2.41. The van der Waals surface area contributed by atoms with Crippen LogP contribution < -0.4 is 0 Å². The maximum atomic E-state index is 10.9. The number of aliphatic carboxylic acids is 1. The number of nitrogens with zero attached hydrogens (tertiary/aromatic N) is 1. The van der Waals surface area contributed by atoms with E-state index in [2.05, 4.69) is 5.16 Å². The Labute approximate surface area is 69.2 Å². The van der Waals surface area contributed by atoms with Gasteiger partial charge < -0.3 is 9.63 Å². The number of rotatable bonds is 2. The van der Waals surface area contributed by atoms with Gasteiger partial charge in [-0.05, 0) is 12.8 Å². The smallest absolute Gasteiger partial charge is 0.317 e. The Morgan fingerprint density at radius 3 is 2.75 bits per heavy atom. The molecule has 1 saturated carbocycles. The summed E-state index contributed by atoms with van der Waals surface area (Å²) in [5, 5.41) is 12.5. The summed E-state index contributed by atoms with van der Waals surface area (Å²) in [6.07, 6.45) is 3.76. The zero-order valence-electron chi connectivity index (χ0n) is 6.49. The fourth-order valence-electron chi connectivity index (χ4n) is 1.56. The zero-order chi connectivity index (χ0) is 8.60. The van der Waals surface area contributed by atoms with Crippen molar-refractivity contribution in [2.24, 2.45) is 0 Å². The summed E-state index contributed by atoms with van der Waals surface area (Å²) >= 11 is 0. The molecular weight excluding hydrogens is 158 g/mol. The summed E-state index contributed by atoms with van der Waals surface area (Å²) in [5.41, 5.74) is -0.767. The Hall–Kier alpha value is -1.32. The second kappa shape index (κ2) is 2.33. The maximum absolute atomic E-state index is 10.9. The topological polar surface area (TPSA) is 63.3 Å². The normalized spacial score (nSPS) is 20.0. The van der Waals surface area contributed by atoms with Crippen LogP contribution in [-0.2, 0) is 10.2 Å². The van der Waals surface area contributed by atoms with E-state index in [0.29, 0.717) is 18.6 Å².